The van der Waals surface area contributed by atoms with Crippen molar-refractivity contribution in [3.63, 3.8) is 0 Å². The number of aromatic hydroxyl groups is 1. The van der Waals surface area contributed by atoms with Crippen LogP contribution in [0.25, 0.3) is 22.2 Å². The number of hydrogen-bond donors (Lipinski definition) is 2. The monoisotopic (exact) mass is 250 g/mol. The van der Waals surface area contributed by atoms with Crippen molar-refractivity contribution in [1.29, 1.82) is 0 Å². The fourth-order valence-corrected chi connectivity index (χ4v) is 2.21. The molecule has 0 saturated heterocycles. The molecule has 1 heterocycles. The van der Waals surface area contributed by atoms with Gasteiger partial charge in [0.25, 0.3) is 0 Å². The molecule has 2 N–H and O–H groups in total. The van der Waals surface area contributed by atoms with Crippen LogP contribution in [0.3, 0.4) is 0 Å². The number of fused-ring (bicyclic) bond motifs is 1. The van der Waals surface area contributed by atoms with E-state index in [2.05, 4.69) is 16.5 Å². The fourth-order valence-electron chi connectivity index (χ4n) is 2.21. The third kappa shape index (κ3) is 2.10. The Morgan fingerprint density at radius 1 is 1.21 bits per heavy atom. The molecule has 3 heteroatoms. The topological polar surface area (TPSA) is 48.9 Å². The van der Waals surface area contributed by atoms with Crippen LogP contribution in [0.1, 0.15) is 5.56 Å². The van der Waals surface area contributed by atoms with Gasteiger partial charge in [0.15, 0.2) is 0 Å². The predicted molar refractivity (Wildman–Crippen MR) is 77.1 cm³/mol. The number of aromatic nitrogens is 2. The molecule has 1 aromatic heterocycles. The van der Waals surface area contributed by atoms with Crippen LogP contribution in [-0.2, 0) is 6.42 Å². The molecule has 3 rings (SSSR count). The number of hydrogen-bond acceptors (Lipinski definition) is 2. The van der Waals surface area contributed by atoms with E-state index in [-0.39, 0.29) is 5.75 Å². The molecule has 0 aliphatic heterocycles. The number of imidazole rings is 1. The molecule has 94 valence electrons. The maximum atomic E-state index is 10.0. The molecule has 0 aliphatic rings. The lowest BCUT2D eigenvalue weighted by Crippen LogP contribution is -1.85. The van der Waals surface area contributed by atoms with Crippen molar-refractivity contribution < 1.29 is 5.11 Å². The van der Waals surface area contributed by atoms with E-state index in [9.17, 15) is 5.11 Å². The van der Waals surface area contributed by atoms with Crippen LogP contribution in [-0.4, -0.2) is 15.1 Å². The Labute approximate surface area is 111 Å². The van der Waals surface area contributed by atoms with Crippen LogP contribution >= 0.6 is 0 Å². The molecule has 0 fully saturated rings. The highest BCUT2D eigenvalue weighted by atomic mass is 16.3. The number of phenolic OH excluding ortho intramolecular Hbond substituents is 1. The van der Waals surface area contributed by atoms with Crippen molar-refractivity contribution in [1.82, 2.24) is 9.97 Å². The van der Waals surface area contributed by atoms with Crippen molar-refractivity contribution in [2.24, 2.45) is 0 Å². The van der Waals surface area contributed by atoms with Gasteiger partial charge in [-0.25, -0.2) is 4.98 Å². The van der Waals surface area contributed by atoms with Crippen LogP contribution in [0.4, 0.5) is 0 Å². The van der Waals surface area contributed by atoms with Gasteiger partial charge in [0.1, 0.15) is 5.75 Å². The molecule has 2 aromatic carbocycles. The fraction of sp³-hybridized carbons (Fsp3) is 0.0625. The van der Waals surface area contributed by atoms with Crippen molar-refractivity contribution in [2.75, 3.05) is 0 Å². The zero-order valence-corrected chi connectivity index (χ0v) is 10.4. The zero-order valence-electron chi connectivity index (χ0n) is 10.4. The summed E-state index contributed by atoms with van der Waals surface area (Å²) in [6.45, 7) is 3.74. The number of allylic oxidation sites excluding steroid dienone is 1. The molecule has 3 aromatic rings. The van der Waals surface area contributed by atoms with E-state index in [4.69, 9.17) is 0 Å². The first kappa shape index (κ1) is 11.5. The Morgan fingerprint density at radius 3 is 2.95 bits per heavy atom. The lowest BCUT2D eigenvalue weighted by atomic mass is 10.0. The highest BCUT2D eigenvalue weighted by Gasteiger charge is 2.07. The summed E-state index contributed by atoms with van der Waals surface area (Å²) in [4.78, 5) is 7.27. The van der Waals surface area contributed by atoms with Crippen molar-refractivity contribution >= 4 is 11.0 Å². The van der Waals surface area contributed by atoms with E-state index in [1.54, 1.807) is 12.4 Å². The normalized spacial score (nSPS) is 10.7. The summed E-state index contributed by atoms with van der Waals surface area (Å²) >= 11 is 0. The van der Waals surface area contributed by atoms with Crippen LogP contribution < -0.4 is 0 Å². The maximum Gasteiger partial charge on any atom is 0.123 e. The number of H-pyrrole nitrogens is 1. The van der Waals surface area contributed by atoms with Crippen LogP contribution in [0.2, 0.25) is 0 Å². The average molecular weight is 250 g/mol. The summed E-state index contributed by atoms with van der Waals surface area (Å²) in [5.74, 6) is 0.284. The van der Waals surface area contributed by atoms with E-state index in [0.717, 1.165) is 34.1 Å². The van der Waals surface area contributed by atoms with Gasteiger partial charge in [0.2, 0.25) is 0 Å². The SMILES string of the molecule is C=CCc1ccc(O)c(-c2ccc3nc[nH]c3c2)c1. The van der Waals surface area contributed by atoms with Gasteiger partial charge in [0, 0.05) is 5.56 Å². The van der Waals surface area contributed by atoms with E-state index in [1.807, 2.05) is 36.4 Å². The van der Waals surface area contributed by atoms with Gasteiger partial charge < -0.3 is 10.1 Å². The molecule has 0 spiro atoms. The number of phenols is 1. The van der Waals surface area contributed by atoms with Gasteiger partial charge in [-0.15, -0.1) is 6.58 Å². The number of benzene rings is 2. The lowest BCUT2D eigenvalue weighted by Gasteiger charge is -2.07. The van der Waals surface area contributed by atoms with Gasteiger partial charge in [-0.3, -0.25) is 0 Å². The quantitative estimate of drug-likeness (QED) is 0.697. The molecule has 0 unspecified atom stereocenters. The third-order valence-corrected chi connectivity index (χ3v) is 3.17. The summed E-state index contributed by atoms with van der Waals surface area (Å²) in [6.07, 6.45) is 4.32. The average Bonchev–Trinajstić information content (AvgIpc) is 2.88. The molecule has 0 bridgehead atoms. The predicted octanol–water partition coefficient (Wildman–Crippen LogP) is 3.66. The van der Waals surface area contributed by atoms with Crippen LogP contribution in [0.5, 0.6) is 5.75 Å². The Morgan fingerprint density at radius 2 is 2.11 bits per heavy atom. The highest BCUT2D eigenvalue weighted by Crippen LogP contribution is 2.31. The van der Waals surface area contributed by atoms with E-state index < -0.39 is 0 Å². The molecule has 3 nitrogen and oxygen atoms in total. The minimum absolute atomic E-state index is 0.284. The lowest BCUT2D eigenvalue weighted by molar-refractivity contribution is 0.477. The van der Waals surface area contributed by atoms with E-state index in [1.165, 1.54) is 0 Å². The van der Waals surface area contributed by atoms with Gasteiger partial charge in [-0.1, -0.05) is 18.2 Å². The molecular formula is C16H14N2O. The third-order valence-electron chi connectivity index (χ3n) is 3.17. The smallest absolute Gasteiger partial charge is 0.123 e. The van der Waals surface area contributed by atoms with E-state index >= 15 is 0 Å². The van der Waals surface area contributed by atoms with Crippen molar-refractivity contribution in [2.45, 2.75) is 6.42 Å². The Bertz CT molecular complexity index is 743. The van der Waals surface area contributed by atoms with Crippen molar-refractivity contribution in [3.05, 3.63) is 60.9 Å². The van der Waals surface area contributed by atoms with Crippen molar-refractivity contribution in [3.8, 4) is 16.9 Å². The minimum atomic E-state index is 0.284. The minimum Gasteiger partial charge on any atom is -0.507 e. The summed E-state index contributed by atoms with van der Waals surface area (Å²) in [7, 11) is 0. The second-order valence-corrected chi connectivity index (χ2v) is 4.48. The molecular weight excluding hydrogens is 236 g/mol. The number of aromatic amines is 1. The first-order valence-electron chi connectivity index (χ1n) is 6.14. The largest absolute Gasteiger partial charge is 0.507 e. The first-order valence-corrected chi connectivity index (χ1v) is 6.14. The summed E-state index contributed by atoms with van der Waals surface area (Å²) in [5, 5.41) is 10.0. The second kappa shape index (κ2) is 4.61. The highest BCUT2D eigenvalue weighted by molar-refractivity contribution is 5.83. The molecule has 0 radical (unpaired) electrons. The summed E-state index contributed by atoms with van der Waals surface area (Å²) < 4.78 is 0. The summed E-state index contributed by atoms with van der Waals surface area (Å²) in [5.41, 5.74) is 4.82. The Balaban J connectivity index is 2.13. The molecule has 0 atom stereocenters. The van der Waals surface area contributed by atoms with Gasteiger partial charge in [0.05, 0.1) is 17.4 Å². The van der Waals surface area contributed by atoms with Gasteiger partial charge in [-0.05, 0) is 41.8 Å². The van der Waals surface area contributed by atoms with Crippen LogP contribution in [0.15, 0.2) is 55.4 Å². The van der Waals surface area contributed by atoms with Crippen LogP contribution in [0, 0.1) is 0 Å². The number of nitrogens with zero attached hydrogens (tertiary/aromatic N) is 1. The maximum absolute atomic E-state index is 10.0. The first-order chi connectivity index (χ1) is 9.28. The standard InChI is InChI=1S/C16H14N2O/c1-2-3-11-4-7-16(19)13(8-11)12-5-6-14-15(9-12)18-10-17-14/h2,4-10,19H,1,3H2,(H,17,18). The molecule has 0 saturated carbocycles. The second-order valence-electron chi connectivity index (χ2n) is 4.48. The molecule has 0 aliphatic carbocycles. The molecule has 0 amide bonds. The van der Waals surface area contributed by atoms with Gasteiger partial charge >= 0.3 is 0 Å². The number of nitrogens with one attached hydrogen (secondary N) is 1. The summed E-state index contributed by atoms with van der Waals surface area (Å²) in [6, 6.07) is 11.5. The van der Waals surface area contributed by atoms with Gasteiger partial charge in [-0.2, -0.15) is 0 Å². The Kier molecular flexibility index (Phi) is 2.80. The molecule has 19 heavy (non-hydrogen) atoms. The zero-order chi connectivity index (χ0) is 13.2. The van der Waals surface area contributed by atoms with E-state index in [0.29, 0.717) is 0 Å². The number of rotatable bonds is 3. The Hall–Kier alpha value is -2.55.